The lowest BCUT2D eigenvalue weighted by atomic mass is 9.86. The molecule has 1 amide bonds. The summed E-state index contributed by atoms with van der Waals surface area (Å²) in [4.78, 5) is 23.8. The van der Waals surface area contributed by atoms with Gasteiger partial charge in [-0.15, -0.1) is 0 Å². The zero-order valence-corrected chi connectivity index (χ0v) is 12.4. The number of carbonyl (C=O) groups is 1. The minimum atomic E-state index is -0.229. The van der Waals surface area contributed by atoms with E-state index in [-0.39, 0.29) is 29.8 Å². The lowest BCUT2D eigenvalue weighted by Gasteiger charge is -2.27. The number of aliphatic hydroxyl groups excluding tert-OH is 1. The highest BCUT2D eigenvalue weighted by atomic mass is 16.3. The van der Waals surface area contributed by atoms with Gasteiger partial charge in [-0.1, -0.05) is 6.92 Å². The third kappa shape index (κ3) is 4.14. The molecule has 0 unspecified atom stereocenters. The van der Waals surface area contributed by atoms with Gasteiger partial charge in [-0.2, -0.15) is 5.10 Å². The summed E-state index contributed by atoms with van der Waals surface area (Å²) in [5.74, 6) is 0.134. The number of aliphatic hydroxyl groups is 1. The third-order valence-electron chi connectivity index (χ3n) is 3.97. The van der Waals surface area contributed by atoms with Gasteiger partial charge < -0.3 is 10.4 Å². The van der Waals surface area contributed by atoms with Crippen molar-refractivity contribution >= 4 is 5.91 Å². The molecule has 0 bridgehead atoms. The Bertz CT molecular complexity index is 533. The van der Waals surface area contributed by atoms with E-state index in [1.54, 1.807) is 0 Å². The number of amides is 1. The van der Waals surface area contributed by atoms with Gasteiger partial charge in [0.05, 0.1) is 0 Å². The first kappa shape index (κ1) is 15.7. The van der Waals surface area contributed by atoms with Crippen LogP contribution in [0.1, 0.15) is 49.5 Å². The van der Waals surface area contributed by atoms with Gasteiger partial charge in [0.2, 0.25) is 0 Å². The molecule has 2 rings (SSSR count). The normalized spacial score (nSPS) is 22.0. The maximum Gasteiger partial charge on any atom is 0.271 e. The van der Waals surface area contributed by atoms with Gasteiger partial charge in [0, 0.05) is 25.3 Å². The first-order valence-electron chi connectivity index (χ1n) is 7.64. The predicted molar refractivity (Wildman–Crippen MR) is 79.1 cm³/mol. The monoisotopic (exact) mass is 293 g/mol. The van der Waals surface area contributed by atoms with Crippen molar-refractivity contribution in [3.8, 4) is 0 Å². The maximum absolute atomic E-state index is 12.2. The minimum Gasteiger partial charge on any atom is -0.396 e. The smallest absolute Gasteiger partial charge is 0.271 e. The summed E-state index contributed by atoms with van der Waals surface area (Å²) in [7, 11) is 0. The first-order valence-corrected chi connectivity index (χ1v) is 7.64. The van der Waals surface area contributed by atoms with Crippen molar-refractivity contribution in [2.45, 2.75) is 51.6 Å². The maximum atomic E-state index is 12.2. The molecule has 2 N–H and O–H groups in total. The van der Waals surface area contributed by atoms with Gasteiger partial charge in [-0.05, 0) is 44.1 Å². The van der Waals surface area contributed by atoms with E-state index in [2.05, 4.69) is 10.4 Å². The molecule has 1 aromatic heterocycles. The third-order valence-corrected chi connectivity index (χ3v) is 3.97. The molecule has 0 saturated heterocycles. The average Bonchev–Trinajstić information content (AvgIpc) is 2.50. The highest BCUT2D eigenvalue weighted by molar-refractivity contribution is 5.92. The molecule has 0 radical (unpaired) electrons. The Morgan fingerprint density at radius 1 is 1.38 bits per heavy atom. The van der Waals surface area contributed by atoms with Crippen molar-refractivity contribution in [3.63, 3.8) is 0 Å². The number of aryl methyl sites for hydroxylation is 1. The van der Waals surface area contributed by atoms with Gasteiger partial charge in [0.25, 0.3) is 11.5 Å². The summed E-state index contributed by atoms with van der Waals surface area (Å²) in [6, 6.07) is 3.00. The predicted octanol–water partition coefficient (Wildman–Crippen LogP) is 0.934. The zero-order valence-electron chi connectivity index (χ0n) is 12.4. The fourth-order valence-corrected chi connectivity index (χ4v) is 2.69. The summed E-state index contributed by atoms with van der Waals surface area (Å²) < 4.78 is 1.33. The second kappa shape index (κ2) is 7.36. The van der Waals surface area contributed by atoms with Gasteiger partial charge in [-0.25, -0.2) is 4.68 Å². The molecule has 0 spiro atoms. The molecule has 0 aliphatic heterocycles. The van der Waals surface area contributed by atoms with Crippen LogP contribution < -0.4 is 10.9 Å². The van der Waals surface area contributed by atoms with Crippen molar-refractivity contribution in [1.29, 1.82) is 0 Å². The molecule has 0 atom stereocenters. The van der Waals surface area contributed by atoms with E-state index in [1.807, 2.05) is 6.92 Å². The minimum absolute atomic E-state index is 0.133. The molecule has 116 valence electrons. The van der Waals surface area contributed by atoms with E-state index in [4.69, 9.17) is 5.11 Å². The topological polar surface area (TPSA) is 84.2 Å². The fourth-order valence-electron chi connectivity index (χ4n) is 2.69. The van der Waals surface area contributed by atoms with Crippen molar-refractivity contribution in [2.75, 3.05) is 6.61 Å². The molecule has 21 heavy (non-hydrogen) atoms. The van der Waals surface area contributed by atoms with E-state index in [9.17, 15) is 9.59 Å². The Balaban J connectivity index is 1.97. The number of hydrogen-bond acceptors (Lipinski definition) is 4. The van der Waals surface area contributed by atoms with Crippen LogP contribution in [-0.2, 0) is 6.54 Å². The molecular weight excluding hydrogens is 270 g/mol. The van der Waals surface area contributed by atoms with Crippen LogP contribution in [0.5, 0.6) is 0 Å². The van der Waals surface area contributed by atoms with Crippen LogP contribution in [0.25, 0.3) is 0 Å². The number of rotatable bonds is 5. The molecule has 1 fully saturated rings. The van der Waals surface area contributed by atoms with Crippen molar-refractivity contribution in [3.05, 3.63) is 28.2 Å². The highest BCUT2D eigenvalue weighted by Crippen LogP contribution is 2.23. The lowest BCUT2D eigenvalue weighted by molar-refractivity contribution is 0.0906. The Kier molecular flexibility index (Phi) is 5.50. The number of nitrogens with one attached hydrogen (secondary N) is 1. The van der Waals surface area contributed by atoms with Crippen molar-refractivity contribution in [2.24, 2.45) is 5.92 Å². The Morgan fingerprint density at radius 3 is 2.71 bits per heavy atom. The molecule has 1 saturated carbocycles. The van der Waals surface area contributed by atoms with Gasteiger partial charge >= 0.3 is 0 Å². The van der Waals surface area contributed by atoms with Gasteiger partial charge in [0.1, 0.15) is 5.69 Å². The Morgan fingerprint density at radius 2 is 2.10 bits per heavy atom. The fraction of sp³-hybridized carbons (Fsp3) is 0.667. The second-order valence-electron chi connectivity index (χ2n) is 5.65. The summed E-state index contributed by atoms with van der Waals surface area (Å²) in [5.41, 5.74) is 0.101. The van der Waals surface area contributed by atoms with Crippen LogP contribution in [0.3, 0.4) is 0 Å². The molecule has 6 heteroatoms. The average molecular weight is 293 g/mol. The van der Waals surface area contributed by atoms with E-state index < -0.39 is 0 Å². The number of carbonyl (C=O) groups excluding carboxylic acids is 1. The molecule has 0 aromatic carbocycles. The quantitative estimate of drug-likeness (QED) is 0.846. The molecule has 1 aliphatic rings. The summed E-state index contributed by atoms with van der Waals surface area (Å²) >= 11 is 0. The van der Waals surface area contributed by atoms with Gasteiger partial charge in [0.15, 0.2) is 0 Å². The van der Waals surface area contributed by atoms with Gasteiger partial charge in [-0.3, -0.25) is 9.59 Å². The van der Waals surface area contributed by atoms with E-state index in [0.717, 1.165) is 32.1 Å². The highest BCUT2D eigenvalue weighted by Gasteiger charge is 2.22. The van der Waals surface area contributed by atoms with Crippen LogP contribution in [0.2, 0.25) is 0 Å². The SMILES string of the molecule is CCCn1nc(C(=O)NC2CCC(CO)CC2)ccc1=O. The van der Waals surface area contributed by atoms with Crippen LogP contribution in [0.15, 0.2) is 16.9 Å². The van der Waals surface area contributed by atoms with Crippen LogP contribution >= 0.6 is 0 Å². The van der Waals surface area contributed by atoms with Crippen LogP contribution in [-0.4, -0.2) is 33.4 Å². The summed E-state index contributed by atoms with van der Waals surface area (Å²) in [6.07, 6.45) is 4.43. The second-order valence-corrected chi connectivity index (χ2v) is 5.65. The Hall–Kier alpha value is -1.69. The molecule has 1 aliphatic carbocycles. The number of nitrogens with zero attached hydrogens (tertiary/aromatic N) is 2. The van der Waals surface area contributed by atoms with Crippen molar-refractivity contribution in [1.82, 2.24) is 15.1 Å². The van der Waals surface area contributed by atoms with Crippen molar-refractivity contribution < 1.29 is 9.90 Å². The standard InChI is InChI=1S/C15H23N3O3/c1-2-9-18-14(20)8-7-13(17-18)15(21)16-12-5-3-11(10-19)4-6-12/h7-8,11-12,19H,2-6,9-10H2,1H3,(H,16,21). The number of aromatic nitrogens is 2. The van der Waals surface area contributed by atoms with Crippen LogP contribution in [0, 0.1) is 5.92 Å². The summed E-state index contributed by atoms with van der Waals surface area (Å²) in [5, 5.41) is 16.2. The largest absolute Gasteiger partial charge is 0.396 e. The molecule has 1 heterocycles. The van der Waals surface area contributed by atoms with E-state index in [1.165, 1.54) is 16.8 Å². The molecule has 1 aromatic rings. The zero-order chi connectivity index (χ0) is 15.2. The molecule has 6 nitrogen and oxygen atoms in total. The van der Waals surface area contributed by atoms with Crippen LogP contribution in [0.4, 0.5) is 0 Å². The summed E-state index contributed by atoms with van der Waals surface area (Å²) in [6.45, 7) is 2.70. The Labute approximate surface area is 124 Å². The lowest BCUT2D eigenvalue weighted by Crippen LogP contribution is -2.39. The van der Waals surface area contributed by atoms with E-state index in [0.29, 0.717) is 12.5 Å². The molecular formula is C15H23N3O3. The number of hydrogen-bond donors (Lipinski definition) is 2. The van der Waals surface area contributed by atoms with E-state index >= 15 is 0 Å². The first-order chi connectivity index (χ1) is 10.1.